The third-order valence-electron chi connectivity index (χ3n) is 33.3. The number of unbranched alkanes of at least 4 members (excludes halogenated alkanes) is 68. The van der Waals surface area contributed by atoms with Crippen LogP contribution in [0.25, 0.3) is 108 Å². The van der Waals surface area contributed by atoms with Crippen molar-refractivity contribution in [3.05, 3.63) is 89.9 Å². The zero-order chi connectivity index (χ0) is 99.8. The van der Waals surface area contributed by atoms with E-state index in [-0.39, 0.29) is 34.1 Å². The first-order chi connectivity index (χ1) is 70.1. The fourth-order valence-corrected chi connectivity index (χ4v) is 24.6. The molecule has 11 aromatic rings. The molecule has 0 aliphatic carbocycles. The van der Waals surface area contributed by atoms with Crippen molar-refractivity contribution in [3.63, 3.8) is 0 Å². The molecular weight excluding hydrogens is 1740 g/mol. The molecule has 0 spiro atoms. The Morgan fingerprint density at radius 2 is 0.310 bits per heavy atom. The van der Waals surface area contributed by atoms with E-state index in [4.69, 9.17) is 18.9 Å². The van der Waals surface area contributed by atoms with E-state index in [9.17, 15) is 0 Å². The van der Waals surface area contributed by atoms with Crippen LogP contribution in [0.5, 0.6) is 23.0 Å². The summed E-state index contributed by atoms with van der Waals surface area (Å²) in [5, 5.41) is 16.7. The number of benzene rings is 9. The molecule has 10 heteroatoms. The van der Waals surface area contributed by atoms with E-state index in [1.54, 1.807) is 9.13 Å². The number of aromatic nitrogens is 2. The second-order valence-corrected chi connectivity index (χ2v) is 45.3. The van der Waals surface area contributed by atoms with Crippen LogP contribution in [0, 0.1) is 11.8 Å². The van der Waals surface area contributed by atoms with Crippen LogP contribution in [0.4, 0.5) is 0 Å². The highest BCUT2D eigenvalue weighted by atomic mass is 16.5. The highest BCUT2D eigenvalue weighted by molar-refractivity contribution is 6.54. The molecular formula is C132H206N2O8. The number of fused-ring (bicyclic) bond motifs is 6. The maximum Gasteiger partial charge on any atom is 0.261 e. The Balaban J connectivity index is 1.09. The van der Waals surface area contributed by atoms with Crippen molar-refractivity contribution < 1.29 is 18.9 Å². The topological polar surface area (TPSA) is 115 Å². The second-order valence-electron chi connectivity index (χ2n) is 45.3. The Hall–Kier alpha value is -6.68. The minimum Gasteiger partial charge on any atom is -0.490 e. The van der Waals surface area contributed by atoms with Gasteiger partial charge in [0.25, 0.3) is 22.2 Å². The first-order valence-electron chi connectivity index (χ1n) is 62.0. The Labute approximate surface area is 863 Å². The normalized spacial score (nSPS) is 12.7. The highest BCUT2D eigenvalue weighted by Crippen LogP contribution is 2.57. The van der Waals surface area contributed by atoms with Gasteiger partial charge in [-0.2, -0.15) is 0 Å². The van der Waals surface area contributed by atoms with Crippen LogP contribution in [0.1, 0.15) is 569 Å². The van der Waals surface area contributed by atoms with Crippen molar-refractivity contribution in [1.29, 1.82) is 0 Å². The van der Waals surface area contributed by atoms with Crippen LogP contribution < -0.4 is 41.2 Å². The number of hydrogen-bond donors (Lipinski definition) is 0. The van der Waals surface area contributed by atoms with Crippen LogP contribution in [-0.2, 0) is 13.1 Å². The van der Waals surface area contributed by atoms with Crippen molar-refractivity contribution >= 4 is 108 Å². The van der Waals surface area contributed by atoms with Gasteiger partial charge in [-0.05, 0) is 176 Å². The van der Waals surface area contributed by atoms with Gasteiger partial charge in [-0.1, -0.05) is 518 Å². The van der Waals surface area contributed by atoms with Gasteiger partial charge in [0.05, 0.1) is 26.4 Å². The summed E-state index contributed by atoms with van der Waals surface area (Å²) in [5.74, 6) is 3.12. The Kier molecular flexibility index (Phi) is 55.4. The molecule has 0 saturated carbocycles. The molecule has 2 unspecified atom stereocenters. The molecule has 2 atom stereocenters. The zero-order valence-corrected chi connectivity index (χ0v) is 92.7. The monoisotopic (exact) mass is 1950 g/mol. The average molecular weight is 1950 g/mol. The Morgan fingerprint density at radius 3 is 0.479 bits per heavy atom. The van der Waals surface area contributed by atoms with Crippen LogP contribution in [0.3, 0.4) is 0 Å². The van der Waals surface area contributed by atoms with Gasteiger partial charge in [-0.3, -0.25) is 28.3 Å². The molecule has 0 aliphatic heterocycles. The summed E-state index contributed by atoms with van der Waals surface area (Å²) in [4.78, 5) is 67.1. The summed E-state index contributed by atoms with van der Waals surface area (Å²) >= 11 is 0. The van der Waals surface area contributed by atoms with Crippen LogP contribution in [0.2, 0.25) is 0 Å². The summed E-state index contributed by atoms with van der Waals surface area (Å²) in [6.45, 7) is 21.3. The van der Waals surface area contributed by atoms with Gasteiger partial charge in [0, 0.05) is 56.2 Å². The van der Waals surface area contributed by atoms with Crippen LogP contribution >= 0.6 is 0 Å². The second kappa shape index (κ2) is 68.0. The van der Waals surface area contributed by atoms with Gasteiger partial charge in [-0.25, -0.2) is 0 Å². The summed E-state index contributed by atoms with van der Waals surface area (Å²) in [6.07, 6.45) is 98.8. The van der Waals surface area contributed by atoms with Crippen LogP contribution in [0.15, 0.2) is 67.7 Å². The number of rotatable bonds is 92. The van der Waals surface area contributed by atoms with Gasteiger partial charge >= 0.3 is 0 Å². The molecule has 0 saturated heterocycles. The minimum absolute atomic E-state index is 0.156. The summed E-state index contributed by atoms with van der Waals surface area (Å²) in [5.41, 5.74) is -0.888. The first kappa shape index (κ1) is 116. The molecule has 10 nitrogen and oxygen atoms in total. The molecule has 0 aliphatic rings. The molecule has 0 amide bonds. The molecule has 2 aromatic heterocycles. The predicted molar refractivity (Wildman–Crippen MR) is 622 cm³/mol. The van der Waals surface area contributed by atoms with E-state index in [2.05, 4.69) is 104 Å². The lowest BCUT2D eigenvalue weighted by Gasteiger charge is -2.27. The van der Waals surface area contributed by atoms with Gasteiger partial charge in [0.2, 0.25) is 0 Å². The van der Waals surface area contributed by atoms with E-state index >= 15 is 19.2 Å². The maximum atomic E-state index is 16.8. The average Bonchev–Trinajstić information content (AvgIpc) is 0.652. The molecule has 0 N–H and O–H groups in total. The Bertz CT molecular complexity index is 4840. The smallest absolute Gasteiger partial charge is 0.261 e. The first-order valence-corrected chi connectivity index (χ1v) is 62.0. The molecule has 2 heterocycles. The highest BCUT2D eigenvalue weighted by Gasteiger charge is 2.33. The molecule has 792 valence electrons. The molecule has 142 heavy (non-hydrogen) atoms. The fourth-order valence-electron chi connectivity index (χ4n) is 24.6. The van der Waals surface area contributed by atoms with E-state index in [1.807, 2.05) is 0 Å². The van der Waals surface area contributed by atoms with Gasteiger partial charge < -0.3 is 18.9 Å². The zero-order valence-electron chi connectivity index (χ0n) is 92.7. The van der Waals surface area contributed by atoms with Gasteiger partial charge in [0.15, 0.2) is 23.0 Å². The van der Waals surface area contributed by atoms with E-state index < -0.39 is 0 Å². The summed E-state index contributed by atoms with van der Waals surface area (Å²) in [7, 11) is 0. The SMILES string of the molecule is CCCCCCCCCCCCCCCCOc1cc2c(cc1OCCCCCCCCCCCCCCCC)c1cc3c(=O)n(CC(CCCCCC)CCCCCCCC)c(=O)c4cc5c6cc(OCCCCCCCCCCCCCCCC)c(OCCCCCCCCCCCCCCCC)cc6c6cc7c(=O)n(CC(CCCCCC)CCCCCCCC)c(=O)c8cc2c2c1c(c34)c5c6c2c87. The number of pyridine rings is 2. The van der Waals surface area contributed by atoms with Gasteiger partial charge in [-0.15, -0.1) is 0 Å². The quantitative estimate of drug-likeness (QED) is 0.0210. The summed E-state index contributed by atoms with van der Waals surface area (Å²) in [6, 6.07) is 17.7. The summed E-state index contributed by atoms with van der Waals surface area (Å²) < 4.78 is 32.5. The van der Waals surface area contributed by atoms with Crippen molar-refractivity contribution in [2.75, 3.05) is 26.4 Å². The Morgan fingerprint density at radius 1 is 0.162 bits per heavy atom. The molecule has 0 fully saturated rings. The number of nitrogens with zero attached hydrogens (tertiary/aromatic N) is 2. The molecule has 0 bridgehead atoms. The van der Waals surface area contributed by atoms with Crippen molar-refractivity contribution in [1.82, 2.24) is 9.13 Å². The van der Waals surface area contributed by atoms with E-state index in [0.717, 1.165) is 217 Å². The largest absolute Gasteiger partial charge is 0.490 e. The predicted octanol–water partition coefficient (Wildman–Crippen LogP) is 41.6. The third-order valence-corrected chi connectivity index (χ3v) is 33.3. The molecule has 0 radical (unpaired) electrons. The molecule has 11 rings (SSSR count). The lowest BCUT2D eigenvalue weighted by Crippen LogP contribution is -2.36. The van der Waals surface area contributed by atoms with Crippen molar-refractivity contribution in [3.8, 4) is 23.0 Å². The minimum atomic E-state index is -0.222. The number of ether oxygens (including phenoxy) is 4. The van der Waals surface area contributed by atoms with Crippen molar-refractivity contribution in [2.24, 2.45) is 11.8 Å². The van der Waals surface area contributed by atoms with E-state index in [0.29, 0.717) is 94.8 Å². The van der Waals surface area contributed by atoms with Gasteiger partial charge in [0.1, 0.15) is 0 Å². The fraction of sp³-hybridized carbons (Fsp3) is 0.727. The standard InChI is InChI=1S/C132H206N2O8/c1-9-17-25-33-39-43-47-51-55-59-63-67-73-81-89-139-117-97-105-106(98-118(117)140-90-82-74-68-64-60-56-52-48-44-40-34-26-18-10-2)110-94-114-122-116(132(138)134(130(114)136)102-104(86-78-32-24-16-8)88-80-72-38-30-22-14-6)96-112-108-100-120(142-92-84-76-70-66-62-58-54-50-46-42-36-28-20-12-4)119(141-91-83-75-69-65-61-57-53-49-45-41-35-27-19-11-3)99-107(108)111-95-115-121-113(93-109(105)123-124(110)128(122)126(112)125(111)127(121)123)129(135)133(131(115)137)101-103(85-77-31-23-15-7)87-79-71-37-29-21-13-5/h93-100,103-104H,9-92,101-102H2,1-8H3. The van der Waals surface area contributed by atoms with Crippen LogP contribution in [-0.4, -0.2) is 35.6 Å². The lowest BCUT2D eigenvalue weighted by atomic mass is 9.77. The number of hydrogen-bond acceptors (Lipinski definition) is 8. The van der Waals surface area contributed by atoms with Crippen molar-refractivity contribution in [2.45, 2.75) is 582 Å². The third kappa shape index (κ3) is 35.3. The molecule has 9 aromatic carbocycles. The maximum absolute atomic E-state index is 16.8. The van der Waals surface area contributed by atoms with E-state index in [1.165, 1.54) is 372 Å². The lowest BCUT2D eigenvalue weighted by molar-refractivity contribution is 0.259.